The summed E-state index contributed by atoms with van der Waals surface area (Å²) in [5.74, 6) is -0.220. The van der Waals surface area contributed by atoms with Gasteiger partial charge in [0.25, 0.3) is 5.91 Å². The van der Waals surface area contributed by atoms with Crippen LogP contribution in [0.25, 0.3) is 0 Å². The number of nitrogen functional groups attached to an aromatic ring is 1. The molecule has 0 radical (unpaired) electrons. The number of nitrogens with two attached hydrogens (primary N) is 1. The molecule has 0 saturated heterocycles. The molecule has 0 saturated carbocycles. The number of amides is 1. The van der Waals surface area contributed by atoms with E-state index >= 15 is 0 Å². The van der Waals surface area contributed by atoms with E-state index in [1.807, 2.05) is 0 Å². The molecule has 0 aliphatic rings. The Morgan fingerprint density at radius 3 is 2.93 bits per heavy atom. The zero-order valence-corrected chi connectivity index (χ0v) is 9.75. The normalized spacial score (nSPS) is 10.0. The van der Waals surface area contributed by atoms with E-state index in [2.05, 4.69) is 21.2 Å². The average molecular weight is 273 g/mol. The predicted octanol–water partition coefficient (Wildman–Crippen LogP) is 1.14. The summed E-state index contributed by atoms with van der Waals surface area (Å²) in [4.78, 5) is 11.6. The van der Waals surface area contributed by atoms with Crippen LogP contribution < -0.4 is 11.1 Å². The predicted molar refractivity (Wildman–Crippen MR) is 62.6 cm³/mol. The highest BCUT2D eigenvalue weighted by Gasteiger charge is 2.08. The maximum atomic E-state index is 11.6. The monoisotopic (exact) mass is 272 g/mol. The second-order valence-electron chi connectivity index (χ2n) is 3.06. The molecule has 4 N–H and O–H groups in total. The third-order valence-electron chi connectivity index (χ3n) is 1.88. The van der Waals surface area contributed by atoms with Crippen LogP contribution in [0.15, 0.2) is 22.7 Å². The second-order valence-corrected chi connectivity index (χ2v) is 3.98. The molecule has 0 heterocycles. The van der Waals surface area contributed by atoms with Crippen molar-refractivity contribution in [2.75, 3.05) is 18.9 Å². The van der Waals surface area contributed by atoms with Crippen LogP contribution in [0.4, 0.5) is 5.69 Å². The number of carbonyl (C=O) groups is 1. The Balaban J connectivity index is 2.68. The summed E-state index contributed by atoms with van der Waals surface area (Å²) < 4.78 is 0.809. The molecule has 0 spiro atoms. The smallest absolute Gasteiger partial charge is 0.253 e. The number of nitrogens with one attached hydrogen (secondary N) is 1. The van der Waals surface area contributed by atoms with E-state index in [0.717, 1.165) is 4.47 Å². The average Bonchev–Trinajstić information content (AvgIpc) is 2.22. The zero-order valence-electron chi connectivity index (χ0n) is 8.16. The summed E-state index contributed by atoms with van der Waals surface area (Å²) in [5, 5.41) is 11.2. The maximum absolute atomic E-state index is 11.6. The Labute approximate surface area is 96.6 Å². The van der Waals surface area contributed by atoms with Gasteiger partial charge in [-0.2, -0.15) is 0 Å². The molecule has 0 fully saturated rings. The Bertz CT molecular complexity index is 355. The largest absolute Gasteiger partial charge is 0.398 e. The number of rotatable bonds is 4. The number of anilines is 1. The molecule has 1 amide bonds. The maximum Gasteiger partial charge on any atom is 0.253 e. The fourth-order valence-corrected chi connectivity index (χ4v) is 1.46. The van der Waals surface area contributed by atoms with E-state index in [9.17, 15) is 4.79 Å². The van der Waals surface area contributed by atoms with Crippen molar-refractivity contribution in [1.29, 1.82) is 0 Å². The third kappa shape index (κ3) is 3.53. The van der Waals surface area contributed by atoms with E-state index in [-0.39, 0.29) is 12.5 Å². The molecule has 0 aliphatic heterocycles. The first-order valence-electron chi connectivity index (χ1n) is 4.59. The minimum absolute atomic E-state index is 0.0637. The van der Waals surface area contributed by atoms with Crippen molar-refractivity contribution in [2.24, 2.45) is 0 Å². The number of aliphatic hydroxyl groups is 1. The van der Waals surface area contributed by atoms with Gasteiger partial charge in [0.05, 0.1) is 5.56 Å². The van der Waals surface area contributed by atoms with Crippen molar-refractivity contribution in [3.05, 3.63) is 28.2 Å². The van der Waals surface area contributed by atoms with Crippen LogP contribution in [0, 0.1) is 0 Å². The SMILES string of the molecule is Nc1ccc(Br)cc1C(=O)NCCCO. The van der Waals surface area contributed by atoms with Gasteiger partial charge in [-0.3, -0.25) is 4.79 Å². The van der Waals surface area contributed by atoms with E-state index in [0.29, 0.717) is 24.2 Å². The highest BCUT2D eigenvalue weighted by molar-refractivity contribution is 9.10. The lowest BCUT2D eigenvalue weighted by Crippen LogP contribution is -2.25. The standard InChI is InChI=1S/C10H13BrN2O2/c11-7-2-3-9(12)8(6-7)10(15)13-4-1-5-14/h2-3,6,14H,1,4-5,12H2,(H,13,15). The summed E-state index contributed by atoms with van der Waals surface area (Å²) in [6.07, 6.45) is 0.541. The Hall–Kier alpha value is -1.07. The van der Waals surface area contributed by atoms with Crippen molar-refractivity contribution in [2.45, 2.75) is 6.42 Å². The molecule has 0 atom stereocenters. The molecule has 0 aliphatic carbocycles. The van der Waals surface area contributed by atoms with E-state index < -0.39 is 0 Å². The Morgan fingerprint density at radius 1 is 1.53 bits per heavy atom. The van der Waals surface area contributed by atoms with Gasteiger partial charge in [-0.05, 0) is 24.6 Å². The van der Waals surface area contributed by atoms with Gasteiger partial charge >= 0.3 is 0 Å². The van der Waals surface area contributed by atoms with E-state index in [4.69, 9.17) is 10.8 Å². The first-order valence-corrected chi connectivity index (χ1v) is 5.38. The minimum atomic E-state index is -0.220. The van der Waals surface area contributed by atoms with Gasteiger partial charge in [0.1, 0.15) is 0 Å². The highest BCUT2D eigenvalue weighted by Crippen LogP contribution is 2.18. The molecular weight excluding hydrogens is 260 g/mol. The van der Waals surface area contributed by atoms with Gasteiger partial charge in [0.15, 0.2) is 0 Å². The van der Waals surface area contributed by atoms with Gasteiger partial charge in [0.2, 0.25) is 0 Å². The number of aliphatic hydroxyl groups excluding tert-OH is 1. The molecule has 0 bridgehead atoms. The van der Waals surface area contributed by atoms with Gasteiger partial charge in [-0.15, -0.1) is 0 Å². The summed E-state index contributed by atoms with van der Waals surface area (Å²) in [5.41, 5.74) is 6.55. The third-order valence-corrected chi connectivity index (χ3v) is 2.37. The Morgan fingerprint density at radius 2 is 2.27 bits per heavy atom. The van der Waals surface area contributed by atoms with Gasteiger partial charge in [-0.25, -0.2) is 0 Å². The molecule has 0 unspecified atom stereocenters. The van der Waals surface area contributed by atoms with Gasteiger partial charge in [0, 0.05) is 23.3 Å². The number of halogens is 1. The van der Waals surface area contributed by atoms with Crippen molar-refractivity contribution in [1.82, 2.24) is 5.32 Å². The van der Waals surface area contributed by atoms with Crippen LogP contribution >= 0.6 is 15.9 Å². The number of carbonyl (C=O) groups excluding carboxylic acids is 1. The molecule has 4 nitrogen and oxygen atoms in total. The molecule has 1 aromatic carbocycles. The quantitative estimate of drug-likeness (QED) is 0.569. The van der Waals surface area contributed by atoms with Crippen LogP contribution in [0.5, 0.6) is 0 Å². The van der Waals surface area contributed by atoms with Crippen LogP contribution in [-0.4, -0.2) is 24.2 Å². The summed E-state index contributed by atoms with van der Waals surface area (Å²) in [6.45, 7) is 0.509. The van der Waals surface area contributed by atoms with Crippen LogP contribution in [0.2, 0.25) is 0 Å². The zero-order chi connectivity index (χ0) is 11.3. The molecule has 1 rings (SSSR count). The van der Waals surface area contributed by atoms with Crippen molar-refractivity contribution >= 4 is 27.5 Å². The van der Waals surface area contributed by atoms with Crippen molar-refractivity contribution in [3.8, 4) is 0 Å². The lowest BCUT2D eigenvalue weighted by Gasteiger charge is -2.07. The molecule has 1 aromatic rings. The lowest BCUT2D eigenvalue weighted by molar-refractivity contribution is 0.0952. The fraction of sp³-hybridized carbons (Fsp3) is 0.300. The molecule has 5 heteroatoms. The molecule has 15 heavy (non-hydrogen) atoms. The van der Waals surface area contributed by atoms with E-state index in [1.165, 1.54) is 0 Å². The molecular formula is C10H13BrN2O2. The first kappa shape index (κ1) is 12.0. The number of hydrogen-bond acceptors (Lipinski definition) is 3. The summed E-state index contributed by atoms with van der Waals surface area (Å²) >= 11 is 3.27. The molecule has 82 valence electrons. The lowest BCUT2D eigenvalue weighted by atomic mass is 10.1. The summed E-state index contributed by atoms with van der Waals surface area (Å²) in [6, 6.07) is 5.12. The van der Waals surface area contributed by atoms with Crippen molar-refractivity contribution < 1.29 is 9.90 Å². The second kappa shape index (κ2) is 5.72. The van der Waals surface area contributed by atoms with Crippen LogP contribution in [0.1, 0.15) is 16.8 Å². The first-order chi connectivity index (χ1) is 7.15. The highest BCUT2D eigenvalue weighted by atomic mass is 79.9. The summed E-state index contributed by atoms with van der Waals surface area (Å²) in [7, 11) is 0. The van der Waals surface area contributed by atoms with E-state index in [1.54, 1.807) is 18.2 Å². The minimum Gasteiger partial charge on any atom is -0.398 e. The van der Waals surface area contributed by atoms with Crippen LogP contribution in [0.3, 0.4) is 0 Å². The Kier molecular flexibility index (Phi) is 4.58. The van der Waals surface area contributed by atoms with Gasteiger partial charge in [-0.1, -0.05) is 15.9 Å². The number of hydrogen-bond donors (Lipinski definition) is 3. The van der Waals surface area contributed by atoms with Gasteiger partial charge < -0.3 is 16.2 Å². The fourth-order valence-electron chi connectivity index (χ4n) is 1.10. The topological polar surface area (TPSA) is 75.4 Å². The number of benzene rings is 1. The molecule has 0 aromatic heterocycles. The van der Waals surface area contributed by atoms with Crippen LogP contribution in [-0.2, 0) is 0 Å². The van der Waals surface area contributed by atoms with Crippen molar-refractivity contribution in [3.63, 3.8) is 0 Å².